The highest BCUT2D eigenvalue weighted by atomic mass is 32.2. The van der Waals surface area contributed by atoms with Crippen molar-refractivity contribution in [3.05, 3.63) is 70.5 Å². The summed E-state index contributed by atoms with van der Waals surface area (Å²) in [7, 11) is 0. The molecule has 2 rings (SSSR count). The van der Waals surface area contributed by atoms with Crippen LogP contribution in [0.25, 0.3) is 0 Å². The normalized spacial score (nSPS) is 12.3. The van der Waals surface area contributed by atoms with E-state index in [0.29, 0.717) is 6.42 Å². The molecule has 0 saturated heterocycles. The lowest BCUT2D eigenvalue weighted by Gasteiger charge is -2.33. The fraction of sp³-hybridized carbons (Fsp3) is 0.462. The molecular formula is C26H35FN2O2S. The van der Waals surface area contributed by atoms with Gasteiger partial charge in [-0.05, 0) is 64.3 Å². The zero-order valence-electron chi connectivity index (χ0n) is 20.0. The molecule has 0 aliphatic heterocycles. The van der Waals surface area contributed by atoms with Crippen molar-refractivity contribution in [1.29, 1.82) is 0 Å². The van der Waals surface area contributed by atoms with Gasteiger partial charge in [-0.2, -0.15) is 0 Å². The number of carbonyl (C=O) groups excluding carboxylic acids is 2. The van der Waals surface area contributed by atoms with Crippen LogP contribution >= 0.6 is 11.8 Å². The molecule has 0 aliphatic carbocycles. The lowest BCUT2D eigenvalue weighted by molar-refractivity contribution is -0.140. The first-order valence-electron chi connectivity index (χ1n) is 11.0. The van der Waals surface area contributed by atoms with Crippen LogP contribution in [0.5, 0.6) is 0 Å². The van der Waals surface area contributed by atoms with Gasteiger partial charge in [0.2, 0.25) is 11.8 Å². The van der Waals surface area contributed by atoms with Crippen LogP contribution in [0.2, 0.25) is 0 Å². The maximum atomic E-state index is 13.4. The molecule has 32 heavy (non-hydrogen) atoms. The number of halogens is 1. The smallest absolute Gasteiger partial charge is 0.243 e. The molecule has 0 radical (unpaired) electrons. The zero-order chi connectivity index (χ0) is 23.9. The third-order valence-corrected chi connectivity index (χ3v) is 5.91. The summed E-state index contributed by atoms with van der Waals surface area (Å²) < 4.78 is 13.4. The number of hydrogen-bond donors (Lipinski definition) is 1. The van der Waals surface area contributed by atoms with Crippen molar-refractivity contribution < 1.29 is 14.0 Å². The number of thioether (sulfide) groups is 1. The van der Waals surface area contributed by atoms with Gasteiger partial charge in [0, 0.05) is 17.8 Å². The Kier molecular flexibility index (Phi) is 9.32. The molecule has 2 amide bonds. The molecule has 1 N–H and O–H groups in total. The van der Waals surface area contributed by atoms with Crippen molar-refractivity contribution in [2.45, 2.75) is 71.8 Å². The Morgan fingerprint density at radius 1 is 1.03 bits per heavy atom. The molecule has 2 aromatic carbocycles. The molecule has 174 valence electrons. The average molecular weight is 459 g/mol. The van der Waals surface area contributed by atoms with Crippen LogP contribution in [-0.4, -0.2) is 34.0 Å². The molecule has 6 heteroatoms. The van der Waals surface area contributed by atoms with Crippen LogP contribution in [0.1, 0.15) is 56.4 Å². The second kappa shape index (κ2) is 11.5. The van der Waals surface area contributed by atoms with Gasteiger partial charge in [-0.1, -0.05) is 48.4 Å². The van der Waals surface area contributed by atoms with Gasteiger partial charge in [-0.15, -0.1) is 11.8 Å². The maximum absolute atomic E-state index is 13.4. The highest BCUT2D eigenvalue weighted by molar-refractivity contribution is 7.99. The van der Waals surface area contributed by atoms with E-state index in [2.05, 4.69) is 37.4 Å². The minimum absolute atomic E-state index is 0.0976. The standard InChI is InChI=1S/C26H35FN2O2S/c1-7-23(25(31)28-26(4,5)6)29(15-20-8-10-22(27)11-9-20)24(30)17-32-16-21-13-18(2)12-19(3)14-21/h8-14,23H,7,15-17H2,1-6H3,(H,28,31)/t23-/m1/s1. The molecular weight excluding hydrogens is 423 g/mol. The molecule has 0 bridgehead atoms. The molecule has 0 spiro atoms. The minimum atomic E-state index is -0.589. The van der Waals surface area contributed by atoms with Gasteiger partial charge in [-0.25, -0.2) is 4.39 Å². The van der Waals surface area contributed by atoms with Gasteiger partial charge in [0.1, 0.15) is 11.9 Å². The van der Waals surface area contributed by atoms with E-state index in [-0.39, 0.29) is 29.9 Å². The van der Waals surface area contributed by atoms with Crippen LogP contribution in [0.3, 0.4) is 0 Å². The van der Waals surface area contributed by atoms with E-state index in [4.69, 9.17) is 0 Å². The number of amides is 2. The Bertz CT molecular complexity index is 902. The number of benzene rings is 2. The Morgan fingerprint density at radius 2 is 1.62 bits per heavy atom. The van der Waals surface area contributed by atoms with Crippen molar-refractivity contribution in [2.75, 3.05) is 5.75 Å². The molecule has 0 aromatic heterocycles. The summed E-state index contributed by atoms with van der Waals surface area (Å²) in [6.07, 6.45) is 0.497. The van der Waals surface area contributed by atoms with Gasteiger partial charge < -0.3 is 10.2 Å². The number of rotatable bonds is 9. The molecule has 0 fully saturated rings. The summed E-state index contributed by atoms with van der Waals surface area (Å²) in [5.74, 6) is 0.402. The van der Waals surface area contributed by atoms with E-state index in [9.17, 15) is 14.0 Å². The first-order chi connectivity index (χ1) is 15.0. The molecule has 2 aromatic rings. The van der Waals surface area contributed by atoms with Crippen molar-refractivity contribution in [1.82, 2.24) is 10.2 Å². The first kappa shape index (κ1) is 25.9. The fourth-order valence-corrected chi connectivity index (χ4v) is 4.50. The Labute approximate surface area is 196 Å². The van der Waals surface area contributed by atoms with Crippen molar-refractivity contribution in [3.8, 4) is 0 Å². The number of nitrogens with zero attached hydrogens (tertiary/aromatic N) is 1. The third-order valence-electron chi connectivity index (χ3n) is 4.93. The van der Waals surface area contributed by atoms with Gasteiger partial charge in [0.25, 0.3) is 0 Å². The molecule has 1 atom stereocenters. The first-order valence-corrected chi connectivity index (χ1v) is 12.1. The van der Waals surface area contributed by atoms with Crippen LogP contribution in [0, 0.1) is 19.7 Å². The summed E-state index contributed by atoms with van der Waals surface area (Å²) >= 11 is 1.54. The Balaban J connectivity index is 2.16. The van der Waals surface area contributed by atoms with E-state index in [1.807, 2.05) is 27.7 Å². The highest BCUT2D eigenvalue weighted by Gasteiger charge is 2.30. The summed E-state index contributed by atoms with van der Waals surface area (Å²) in [6.45, 7) is 12.1. The van der Waals surface area contributed by atoms with Crippen molar-refractivity contribution >= 4 is 23.6 Å². The lowest BCUT2D eigenvalue weighted by Crippen LogP contribution is -2.53. The second-order valence-electron chi connectivity index (χ2n) is 9.30. The van der Waals surface area contributed by atoms with E-state index < -0.39 is 11.6 Å². The molecule has 0 saturated carbocycles. The average Bonchev–Trinajstić information content (AvgIpc) is 2.67. The van der Waals surface area contributed by atoms with Gasteiger partial charge >= 0.3 is 0 Å². The van der Waals surface area contributed by atoms with E-state index >= 15 is 0 Å². The van der Waals surface area contributed by atoms with Gasteiger partial charge in [0.15, 0.2) is 0 Å². The Hall–Kier alpha value is -2.34. The molecule has 4 nitrogen and oxygen atoms in total. The summed E-state index contributed by atoms with van der Waals surface area (Å²) in [5, 5.41) is 3.00. The van der Waals surface area contributed by atoms with Crippen LogP contribution in [0.15, 0.2) is 42.5 Å². The van der Waals surface area contributed by atoms with E-state index in [1.54, 1.807) is 28.8 Å². The van der Waals surface area contributed by atoms with Crippen molar-refractivity contribution in [2.24, 2.45) is 0 Å². The Morgan fingerprint density at radius 3 is 2.16 bits per heavy atom. The fourth-order valence-electron chi connectivity index (χ4n) is 3.65. The summed E-state index contributed by atoms with van der Waals surface area (Å²) in [4.78, 5) is 27.9. The van der Waals surface area contributed by atoms with Crippen molar-refractivity contribution in [3.63, 3.8) is 0 Å². The number of aryl methyl sites for hydroxylation is 2. The lowest BCUT2D eigenvalue weighted by atomic mass is 10.1. The van der Waals surface area contributed by atoms with Crippen LogP contribution in [0.4, 0.5) is 4.39 Å². The minimum Gasteiger partial charge on any atom is -0.350 e. The quantitative estimate of drug-likeness (QED) is 0.547. The van der Waals surface area contributed by atoms with E-state index in [1.165, 1.54) is 28.8 Å². The topological polar surface area (TPSA) is 49.4 Å². The number of carbonyl (C=O) groups is 2. The van der Waals surface area contributed by atoms with Gasteiger partial charge in [0.05, 0.1) is 5.75 Å². The van der Waals surface area contributed by atoms with Crippen LogP contribution in [-0.2, 0) is 21.9 Å². The largest absolute Gasteiger partial charge is 0.350 e. The predicted molar refractivity (Wildman–Crippen MR) is 131 cm³/mol. The number of nitrogens with one attached hydrogen (secondary N) is 1. The third kappa shape index (κ3) is 8.30. The second-order valence-corrected chi connectivity index (χ2v) is 10.3. The number of hydrogen-bond acceptors (Lipinski definition) is 3. The molecule has 0 heterocycles. The summed E-state index contributed by atoms with van der Waals surface area (Å²) in [6, 6.07) is 11.9. The van der Waals surface area contributed by atoms with E-state index in [0.717, 1.165) is 11.3 Å². The molecule has 0 aliphatic rings. The SMILES string of the molecule is CC[C@H](C(=O)NC(C)(C)C)N(Cc1ccc(F)cc1)C(=O)CSCc1cc(C)cc(C)c1. The van der Waals surface area contributed by atoms with Crippen LogP contribution < -0.4 is 5.32 Å². The predicted octanol–water partition coefficient (Wildman–Crippen LogP) is 5.40. The summed E-state index contributed by atoms with van der Waals surface area (Å²) in [5.41, 5.74) is 3.99. The highest BCUT2D eigenvalue weighted by Crippen LogP contribution is 2.19. The maximum Gasteiger partial charge on any atom is 0.243 e. The van der Waals surface area contributed by atoms with Gasteiger partial charge in [-0.3, -0.25) is 9.59 Å². The monoisotopic (exact) mass is 458 g/mol. The molecule has 0 unspecified atom stereocenters. The zero-order valence-corrected chi connectivity index (χ0v) is 20.8.